The molecule has 0 aliphatic carbocycles. The van der Waals surface area contributed by atoms with Gasteiger partial charge in [0.15, 0.2) is 5.78 Å². The second kappa shape index (κ2) is 5.65. The van der Waals surface area contributed by atoms with E-state index in [0.717, 1.165) is 11.3 Å². The van der Waals surface area contributed by atoms with Crippen LogP contribution < -0.4 is 4.74 Å². The minimum Gasteiger partial charge on any atom is -0.494 e. The predicted octanol–water partition coefficient (Wildman–Crippen LogP) is 4.09. The van der Waals surface area contributed by atoms with Gasteiger partial charge in [0.05, 0.1) is 6.61 Å². The van der Waals surface area contributed by atoms with Crippen LogP contribution in [0.4, 0.5) is 4.39 Å². The van der Waals surface area contributed by atoms with E-state index in [1.807, 2.05) is 31.2 Å². The molecule has 0 saturated carbocycles. The van der Waals surface area contributed by atoms with E-state index in [1.54, 1.807) is 0 Å². The number of carbonyl (C=O) groups is 1. The highest BCUT2D eigenvalue weighted by atomic mass is 19.1. The molecule has 0 aliphatic rings. The Morgan fingerprint density at radius 2 is 1.84 bits per heavy atom. The Morgan fingerprint density at radius 1 is 1.16 bits per heavy atom. The molecule has 0 heterocycles. The first kappa shape index (κ1) is 13.3. The van der Waals surface area contributed by atoms with Crippen molar-refractivity contribution in [3.63, 3.8) is 0 Å². The Morgan fingerprint density at radius 3 is 2.42 bits per heavy atom. The number of rotatable bonds is 4. The minimum atomic E-state index is -0.353. The highest BCUT2D eigenvalue weighted by Gasteiger charge is 2.10. The van der Waals surface area contributed by atoms with Crippen molar-refractivity contribution >= 4 is 5.78 Å². The molecule has 0 aromatic heterocycles. The zero-order chi connectivity index (χ0) is 13.8. The number of hydrogen-bond acceptors (Lipinski definition) is 2. The van der Waals surface area contributed by atoms with E-state index in [-0.39, 0.29) is 11.6 Å². The van der Waals surface area contributed by atoms with E-state index >= 15 is 0 Å². The fourth-order valence-electron chi connectivity index (χ4n) is 1.96. The molecular formula is C16H15FO2. The molecular weight excluding hydrogens is 243 g/mol. The third-order valence-electron chi connectivity index (χ3n) is 2.84. The van der Waals surface area contributed by atoms with Crippen LogP contribution in [-0.2, 0) is 0 Å². The largest absolute Gasteiger partial charge is 0.494 e. The van der Waals surface area contributed by atoms with Crippen molar-refractivity contribution in [2.75, 3.05) is 6.61 Å². The minimum absolute atomic E-state index is 0.0797. The summed E-state index contributed by atoms with van der Waals surface area (Å²) in [6, 6.07) is 11.5. The van der Waals surface area contributed by atoms with Crippen molar-refractivity contribution in [2.45, 2.75) is 13.8 Å². The molecule has 2 rings (SSSR count). The van der Waals surface area contributed by atoms with Crippen LogP contribution >= 0.6 is 0 Å². The summed E-state index contributed by atoms with van der Waals surface area (Å²) >= 11 is 0. The first-order valence-corrected chi connectivity index (χ1v) is 6.15. The molecule has 0 bridgehead atoms. The first-order chi connectivity index (χ1) is 9.11. The molecule has 0 spiro atoms. The van der Waals surface area contributed by atoms with E-state index in [2.05, 4.69) is 0 Å². The van der Waals surface area contributed by atoms with Crippen molar-refractivity contribution in [1.29, 1.82) is 0 Å². The van der Waals surface area contributed by atoms with Gasteiger partial charge in [-0.3, -0.25) is 4.79 Å². The van der Waals surface area contributed by atoms with Gasteiger partial charge in [0.2, 0.25) is 0 Å². The standard InChI is InChI=1S/C16H15FO2/c1-3-19-14-7-4-12(5-8-14)16-10-13(17)6-9-15(16)11(2)18/h4-10H,3H2,1-2H3. The third-order valence-corrected chi connectivity index (χ3v) is 2.84. The molecule has 2 nitrogen and oxygen atoms in total. The summed E-state index contributed by atoms with van der Waals surface area (Å²) in [5.41, 5.74) is 1.93. The molecule has 0 radical (unpaired) electrons. The fraction of sp³-hybridized carbons (Fsp3) is 0.188. The summed E-state index contributed by atoms with van der Waals surface area (Å²) in [5, 5.41) is 0. The summed E-state index contributed by atoms with van der Waals surface area (Å²) in [6.45, 7) is 3.98. The van der Waals surface area contributed by atoms with Crippen LogP contribution in [0.1, 0.15) is 24.2 Å². The molecule has 0 N–H and O–H groups in total. The Hall–Kier alpha value is -2.16. The third kappa shape index (κ3) is 2.99. The van der Waals surface area contributed by atoms with Crippen molar-refractivity contribution in [3.8, 4) is 16.9 Å². The van der Waals surface area contributed by atoms with E-state index in [9.17, 15) is 9.18 Å². The second-order valence-corrected chi connectivity index (χ2v) is 4.20. The lowest BCUT2D eigenvalue weighted by Crippen LogP contribution is -1.97. The summed E-state index contributed by atoms with van der Waals surface area (Å²) in [6.07, 6.45) is 0. The van der Waals surface area contributed by atoms with E-state index in [0.29, 0.717) is 17.7 Å². The average molecular weight is 258 g/mol. The van der Waals surface area contributed by atoms with Crippen molar-refractivity contribution in [1.82, 2.24) is 0 Å². The maximum absolute atomic E-state index is 13.4. The molecule has 0 saturated heterocycles. The van der Waals surface area contributed by atoms with Crippen molar-refractivity contribution in [2.24, 2.45) is 0 Å². The molecule has 19 heavy (non-hydrogen) atoms. The summed E-state index contributed by atoms with van der Waals surface area (Å²) in [4.78, 5) is 11.6. The maximum Gasteiger partial charge on any atom is 0.160 e. The molecule has 0 amide bonds. The number of Topliss-reactive ketones (excluding diaryl/α,β-unsaturated/α-hetero) is 1. The lowest BCUT2D eigenvalue weighted by Gasteiger charge is -2.09. The molecule has 0 atom stereocenters. The van der Waals surface area contributed by atoms with Gasteiger partial charge in [0.1, 0.15) is 11.6 Å². The Kier molecular flexibility index (Phi) is 3.95. The SMILES string of the molecule is CCOc1ccc(-c2cc(F)ccc2C(C)=O)cc1. The summed E-state index contributed by atoms with van der Waals surface area (Å²) < 4.78 is 18.7. The highest BCUT2D eigenvalue weighted by Crippen LogP contribution is 2.27. The van der Waals surface area contributed by atoms with E-state index in [4.69, 9.17) is 4.74 Å². The second-order valence-electron chi connectivity index (χ2n) is 4.20. The Labute approximate surface area is 111 Å². The molecule has 2 aromatic rings. The van der Waals surface area contributed by atoms with Crippen LogP contribution in [0.2, 0.25) is 0 Å². The van der Waals surface area contributed by atoms with Gasteiger partial charge < -0.3 is 4.74 Å². The topological polar surface area (TPSA) is 26.3 Å². The zero-order valence-corrected chi connectivity index (χ0v) is 10.9. The van der Waals surface area contributed by atoms with Crippen LogP contribution in [0.25, 0.3) is 11.1 Å². The van der Waals surface area contributed by atoms with Crippen LogP contribution in [0, 0.1) is 5.82 Å². The van der Waals surface area contributed by atoms with E-state index in [1.165, 1.54) is 25.1 Å². The van der Waals surface area contributed by atoms with Gasteiger partial charge in [-0.05, 0) is 55.3 Å². The van der Waals surface area contributed by atoms with Crippen LogP contribution in [0.3, 0.4) is 0 Å². The first-order valence-electron chi connectivity index (χ1n) is 6.15. The van der Waals surface area contributed by atoms with Gasteiger partial charge in [-0.1, -0.05) is 12.1 Å². The van der Waals surface area contributed by atoms with Gasteiger partial charge in [0, 0.05) is 5.56 Å². The van der Waals surface area contributed by atoms with Crippen LogP contribution in [0.15, 0.2) is 42.5 Å². The summed E-state index contributed by atoms with van der Waals surface area (Å²) in [5.74, 6) is 0.324. The van der Waals surface area contributed by atoms with Crippen molar-refractivity contribution < 1.29 is 13.9 Å². The number of halogens is 1. The quantitative estimate of drug-likeness (QED) is 0.772. The Balaban J connectivity index is 2.45. The molecule has 98 valence electrons. The predicted molar refractivity (Wildman–Crippen MR) is 73.0 cm³/mol. The lowest BCUT2D eigenvalue weighted by atomic mass is 9.97. The monoisotopic (exact) mass is 258 g/mol. The normalized spacial score (nSPS) is 10.3. The lowest BCUT2D eigenvalue weighted by molar-refractivity contribution is 0.101. The van der Waals surface area contributed by atoms with Crippen LogP contribution in [-0.4, -0.2) is 12.4 Å². The zero-order valence-electron chi connectivity index (χ0n) is 10.9. The molecule has 3 heteroatoms. The number of hydrogen-bond donors (Lipinski definition) is 0. The average Bonchev–Trinajstić information content (AvgIpc) is 2.39. The van der Waals surface area contributed by atoms with Gasteiger partial charge in [-0.2, -0.15) is 0 Å². The van der Waals surface area contributed by atoms with E-state index < -0.39 is 0 Å². The Bertz CT molecular complexity index is 588. The molecule has 0 unspecified atom stereocenters. The highest BCUT2D eigenvalue weighted by molar-refractivity contribution is 6.00. The molecule has 0 aliphatic heterocycles. The summed E-state index contributed by atoms with van der Waals surface area (Å²) in [7, 11) is 0. The van der Waals surface area contributed by atoms with Gasteiger partial charge in [0.25, 0.3) is 0 Å². The smallest absolute Gasteiger partial charge is 0.160 e. The molecule has 0 fully saturated rings. The fourth-order valence-corrected chi connectivity index (χ4v) is 1.96. The number of ketones is 1. The number of ether oxygens (including phenoxy) is 1. The van der Waals surface area contributed by atoms with Crippen molar-refractivity contribution in [3.05, 3.63) is 53.8 Å². The number of benzene rings is 2. The number of carbonyl (C=O) groups excluding carboxylic acids is 1. The van der Waals surface area contributed by atoms with Crippen LogP contribution in [0.5, 0.6) is 5.75 Å². The van der Waals surface area contributed by atoms with Gasteiger partial charge in [-0.15, -0.1) is 0 Å². The van der Waals surface area contributed by atoms with Gasteiger partial charge >= 0.3 is 0 Å². The maximum atomic E-state index is 13.4. The van der Waals surface area contributed by atoms with Gasteiger partial charge in [-0.25, -0.2) is 4.39 Å². The molecule has 2 aromatic carbocycles.